The molecule has 4 rings (SSSR count). The van der Waals surface area contributed by atoms with Gasteiger partial charge in [-0.2, -0.15) is 0 Å². The van der Waals surface area contributed by atoms with Gasteiger partial charge in [-0.1, -0.05) is 12.1 Å². The molecule has 2 aliphatic rings. The number of anilines is 1. The van der Waals surface area contributed by atoms with Crippen LogP contribution in [-0.2, 0) is 24.9 Å². The van der Waals surface area contributed by atoms with E-state index in [0.717, 1.165) is 5.46 Å². The molecule has 0 atom stereocenters. The van der Waals surface area contributed by atoms with Gasteiger partial charge in [0.05, 0.1) is 27.7 Å². The molecule has 1 saturated heterocycles. The van der Waals surface area contributed by atoms with E-state index in [9.17, 15) is 13.2 Å². The van der Waals surface area contributed by atoms with Gasteiger partial charge in [-0.15, -0.1) is 11.3 Å². The van der Waals surface area contributed by atoms with Crippen LogP contribution in [0.25, 0.3) is 0 Å². The molecule has 1 aromatic carbocycles. The van der Waals surface area contributed by atoms with Crippen molar-refractivity contribution >= 4 is 45.0 Å². The van der Waals surface area contributed by atoms with Crippen LogP contribution in [0.3, 0.4) is 0 Å². The number of rotatable bonds is 7. The van der Waals surface area contributed by atoms with Crippen molar-refractivity contribution in [3.63, 3.8) is 0 Å². The van der Waals surface area contributed by atoms with Crippen molar-refractivity contribution in [1.29, 1.82) is 0 Å². The van der Waals surface area contributed by atoms with Gasteiger partial charge in [0.25, 0.3) is 5.91 Å². The Morgan fingerprint density at radius 3 is 2.24 bits per heavy atom. The number of sulfonamides is 1. The minimum atomic E-state index is -3.37. The van der Waals surface area contributed by atoms with Crippen LogP contribution in [0.4, 0.5) is 5.13 Å². The monoisotopic (exact) mass is 491 g/mol. The number of nitrogens with one attached hydrogen (secondary N) is 2. The molecule has 178 valence electrons. The fourth-order valence-electron chi connectivity index (χ4n) is 3.38. The van der Waals surface area contributed by atoms with Crippen molar-refractivity contribution < 1.29 is 22.5 Å². The highest BCUT2D eigenvalue weighted by Gasteiger charge is 2.51. The molecular formula is C22H30BN3O5S2. The van der Waals surface area contributed by atoms with Gasteiger partial charge in [0, 0.05) is 10.9 Å². The normalized spacial score (nSPS) is 20.0. The van der Waals surface area contributed by atoms with Crippen molar-refractivity contribution in [3.8, 4) is 0 Å². The quantitative estimate of drug-likeness (QED) is 0.577. The lowest BCUT2D eigenvalue weighted by molar-refractivity contribution is 0.00578. The summed E-state index contributed by atoms with van der Waals surface area (Å²) in [6.07, 6.45) is 1.37. The molecule has 8 nitrogen and oxygen atoms in total. The molecule has 2 N–H and O–H groups in total. The van der Waals surface area contributed by atoms with Gasteiger partial charge < -0.3 is 14.6 Å². The molecule has 2 fully saturated rings. The smallest absolute Gasteiger partial charge is 0.399 e. The first-order valence-corrected chi connectivity index (χ1v) is 13.4. The van der Waals surface area contributed by atoms with Crippen LogP contribution in [0.5, 0.6) is 0 Å². The van der Waals surface area contributed by atoms with E-state index in [4.69, 9.17) is 9.31 Å². The lowest BCUT2D eigenvalue weighted by atomic mass is 9.79. The Bertz CT molecular complexity index is 1140. The summed E-state index contributed by atoms with van der Waals surface area (Å²) in [5.41, 5.74) is 0.266. The molecule has 0 bridgehead atoms. The van der Waals surface area contributed by atoms with Crippen molar-refractivity contribution in [2.75, 3.05) is 4.72 Å². The van der Waals surface area contributed by atoms with Crippen LogP contribution in [0.1, 0.15) is 70.4 Å². The van der Waals surface area contributed by atoms with Crippen LogP contribution in [0.15, 0.2) is 29.6 Å². The average molecular weight is 491 g/mol. The van der Waals surface area contributed by atoms with Gasteiger partial charge in [-0.25, -0.2) is 13.4 Å². The van der Waals surface area contributed by atoms with Crippen molar-refractivity contribution in [2.45, 2.75) is 76.4 Å². The van der Waals surface area contributed by atoms with Crippen LogP contribution >= 0.6 is 11.3 Å². The number of hydrogen-bond acceptors (Lipinski definition) is 7. The Balaban J connectivity index is 1.41. The minimum Gasteiger partial charge on any atom is -0.399 e. The zero-order valence-corrected chi connectivity index (χ0v) is 21.4. The molecule has 2 heterocycles. The lowest BCUT2D eigenvalue weighted by Gasteiger charge is -2.32. The molecule has 1 aliphatic carbocycles. The first-order valence-electron chi connectivity index (χ1n) is 11.0. The van der Waals surface area contributed by atoms with E-state index in [1.54, 1.807) is 17.5 Å². The van der Waals surface area contributed by atoms with Crippen molar-refractivity contribution in [3.05, 3.63) is 40.9 Å². The van der Waals surface area contributed by atoms with Gasteiger partial charge in [0.2, 0.25) is 10.0 Å². The standard InChI is InChI=1S/C22H30BN3O5S2/c1-20(2,17-13-32-19(24-17)26-33(28,29)16-11-12-16)25-18(27)14-7-9-15(10-8-14)23-30-21(3,4)22(5,6)31-23/h7-10,13,16H,11-12H2,1-6H3,(H,24,26)(H,25,27). The van der Waals surface area contributed by atoms with E-state index in [1.165, 1.54) is 11.3 Å². The van der Waals surface area contributed by atoms with Crippen molar-refractivity contribution in [1.82, 2.24) is 10.3 Å². The lowest BCUT2D eigenvalue weighted by Crippen LogP contribution is -2.41. The maximum absolute atomic E-state index is 12.9. The van der Waals surface area contributed by atoms with E-state index in [2.05, 4.69) is 15.0 Å². The fourth-order valence-corrected chi connectivity index (χ4v) is 5.86. The second-order valence-electron chi connectivity index (χ2n) is 10.2. The van der Waals surface area contributed by atoms with E-state index in [0.29, 0.717) is 29.2 Å². The van der Waals surface area contributed by atoms with Gasteiger partial charge in [0.15, 0.2) is 5.13 Å². The third-order valence-electron chi connectivity index (χ3n) is 6.46. The first kappa shape index (κ1) is 24.2. The molecule has 2 aromatic rings. The third kappa shape index (κ3) is 4.96. The zero-order chi connectivity index (χ0) is 24.2. The Labute approximate surface area is 199 Å². The second kappa shape index (κ2) is 8.07. The fraction of sp³-hybridized carbons (Fsp3) is 0.545. The molecule has 33 heavy (non-hydrogen) atoms. The van der Waals surface area contributed by atoms with Crippen LogP contribution in [-0.4, -0.2) is 42.9 Å². The van der Waals surface area contributed by atoms with Crippen LogP contribution in [0, 0.1) is 0 Å². The zero-order valence-electron chi connectivity index (χ0n) is 19.8. The first-order chi connectivity index (χ1) is 15.2. The number of aromatic nitrogens is 1. The Morgan fingerprint density at radius 2 is 1.70 bits per heavy atom. The van der Waals surface area contributed by atoms with E-state index < -0.39 is 33.9 Å². The van der Waals surface area contributed by atoms with Gasteiger partial charge >= 0.3 is 7.12 Å². The van der Waals surface area contributed by atoms with Gasteiger partial charge in [-0.3, -0.25) is 9.52 Å². The number of hydrogen-bond donors (Lipinski definition) is 2. The highest BCUT2D eigenvalue weighted by atomic mass is 32.2. The Hall–Kier alpha value is -1.95. The summed E-state index contributed by atoms with van der Waals surface area (Å²) in [6.45, 7) is 11.7. The summed E-state index contributed by atoms with van der Waals surface area (Å²) in [6, 6.07) is 7.14. The number of carbonyl (C=O) groups is 1. The largest absolute Gasteiger partial charge is 0.494 e. The van der Waals surface area contributed by atoms with E-state index in [1.807, 2.05) is 53.7 Å². The SMILES string of the molecule is CC(C)(NC(=O)c1ccc(B2OC(C)(C)C(C)(C)O2)cc1)c1csc(NS(=O)(=O)C2CC2)n1. The van der Waals surface area contributed by atoms with Crippen LogP contribution in [0.2, 0.25) is 0 Å². The summed E-state index contributed by atoms with van der Waals surface area (Å²) in [4.78, 5) is 17.3. The predicted octanol–water partition coefficient (Wildman–Crippen LogP) is 3.01. The second-order valence-corrected chi connectivity index (χ2v) is 13.0. The summed E-state index contributed by atoms with van der Waals surface area (Å²) >= 11 is 1.21. The minimum absolute atomic E-state index is 0.256. The average Bonchev–Trinajstić information content (AvgIpc) is 3.42. The number of benzene rings is 1. The summed E-state index contributed by atoms with van der Waals surface area (Å²) in [5, 5.41) is 4.73. The van der Waals surface area contributed by atoms with Crippen LogP contribution < -0.4 is 15.5 Å². The Morgan fingerprint density at radius 1 is 1.12 bits per heavy atom. The number of carbonyl (C=O) groups excluding carboxylic acids is 1. The topological polar surface area (TPSA) is 107 Å². The number of amides is 1. The Kier molecular flexibility index (Phi) is 5.92. The molecule has 1 amide bonds. The van der Waals surface area contributed by atoms with Gasteiger partial charge in [0.1, 0.15) is 0 Å². The molecular weight excluding hydrogens is 461 g/mol. The third-order valence-corrected chi connectivity index (χ3v) is 9.18. The summed E-state index contributed by atoms with van der Waals surface area (Å²) < 4.78 is 39.0. The highest BCUT2D eigenvalue weighted by molar-refractivity contribution is 7.93. The van der Waals surface area contributed by atoms with Gasteiger partial charge in [-0.05, 0) is 72.0 Å². The van der Waals surface area contributed by atoms with E-state index >= 15 is 0 Å². The molecule has 1 aromatic heterocycles. The maximum Gasteiger partial charge on any atom is 0.494 e. The number of thiazole rings is 1. The highest BCUT2D eigenvalue weighted by Crippen LogP contribution is 2.36. The van der Waals surface area contributed by atoms with Crippen molar-refractivity contribution in [2.24, 2.45) is 0 Å². The maximum atomic E-state index is 12.9. The molecule has 1 aliphatic heterocycles. The predicted molar refractivity (Wildman–Crippen MR) is 130 cm³/mol. The summed E-state index contributed by atoms with van der Waals surface area (Å²) in [7, 11) is -3.86. The molecule has 11 heteroatoms. The van der Waals surface area contributed by atoms with E-state index in [-0.39, 0.29) is 11.2 Å². The molecule has 0 radical (unpaired) electrons. The molecule has 1 saturated carbocycles. The molecule has 0 spiro atoms. The summed E-state index contributed by atoms with van der Waals surface area (Å²) in [5.74, 6) is -0.256. The number of nitrogens with zero attached hydrogens (tertiary/aromatic N) is 1. The molecule has 0 unspecified atom stereocenters.